The van der Waals surface area contributed by atoms with E-state index in [1.54, 1.807) is 12.1 Å². The molecule has 0 spiro atoms. The maximum absolute atomic E-state index is 13.8. The summed E-state index contributed by atoms with van der Waals surface area (Å²) in [7, 11) is -5.16. The average Bonchev–Trinajstić information content (AvgIpc) is 3.65. The Hall–Kier alpha value is -4.58. The summed E-state index contributed by atoms with van der Waals surface area (Å²) in [5, 5.41) is 17.8. The maximum atomic E-state index is 13.8. The lowest BCUT2D eigenvalue weighted by Crippen LogP contribution is -2.76. The van der Waals surface area contributed by atoms with Crippen molar-refractivity contribution in [1.82, 2.24) is 20.7 Å². The van der Waals surface area contributed by atoms with Crippen LogP contribution in [-0.2, 0) is 40.1 Å². The first kappa shape index (κ1) is 36.3. The largest absolute Gasteiger partial charge is 0.489 e. The van der Waals surface area contributed by atoms with Crippen LogP contribution < -0.4 is 26.8 Å². The third-order valence-corrected chi connectivity index (χ3v) is 8.18. The molecular formula is C25H29F3N8O10S2. The SMILES string of the molecule is CC1(C)C(NC(=O)C(=NOC(COc2ccc(C(N)=NC3CCNC3)cc2)C(=O)O)c2nc(N)sc2C(F)(F)F)C(=O)N1OS(=O)(=O)O. The number of aliphatic carboxylic acids is 1. The molecule has 4 rings (SSSR count). The number of halogens is 3. The third-order valence-electron chi connectivity index (χ3n) is 6.92. The van der Waals surface area contributed by atoms with Gasteiger partial charge in [-0.05, 0) is 51.1 Å². The Bertz CT molecular complexity index is 1730. The van der Waals surface area contributed by atoms with Crippen molar-refractivity contribution in [3.63, 3.8) is 0 Å². The minimum absolute atomic E-state index is 0.0318. The number of nitrogens with two attached hydrogens (primary N) is 2. The molecule has 0 bridgehead atoms. The van der Waals surface area contributed by atoms with Crippen LogP contribution in [0, 0.1) is 0 Å². The number of thiazole rings is 1. The second kappa shape index (κ2) is 13.9. The molecule has 2 amide bonds. The van der Waals surface area contributed by atoms with Crippen LogP contribution in [0.3, 0.4) is 0 Å². The number of alkyl halides is 3. The smallest absolute Gasteiger partial charge is 0.427 e. The van der Waals surface area contributed by atoms with Crippen LogP contribution in [0.4, 0.5) is 18.3 Å². The van der Waals surface area contributed by atoms with Crippen molar-refractivity contribution in [2.45, 2.75) is 50.2 Å². The summed E-state index contributed by atoms with van der Waals surface area (Å²) in [5.41, 5.74) is 8.06. The number of carbonyl (C=O) groups excluding carboxylic acids is 2. The van der Waals surface area contributed by atoms with Gasteiger partial charge in [-0.15, -0.1) is 4.28 Å². The van der Waals surface area contributed by atoms with Crippen LogP contribution in [-0.4, -0.2) is 101 Å². The van der Waals surface area contributed by atoms with Crippen molar-refractivity contribution in [2.75, 3.05) is 25.4 Å². The topological polar surface area (TPSA) is 270 Å². The summed E-state index contributed by atoms with van der Waals surface area (Å²) in [4.78, 5) is 49.1. The Balaban J connectivity index is 1.54. The van der Waals surface area contributed by atoms with Gasteiger partial charge in [-0.25, -0.2) is 9.78 Å². The van der Waals surface area contributed by atoms with Gasteiger partial charge >= 0.3 is 22.5 Å². The molecular weight excluding hydrogens is 693 g/mol. The highest BCUT2D eigenvalue weighted by Crippen LogP contribution is 2.38. The molecule has 1 aromatic carbocycles. The van der Waals surface area contributed by atoms with E-state index in [1.807, 2.05) is 0 Å². The number of amidine groups is 1. The zero-order chi connectivity index (χ0) is 35.6. The van der Waals surface area contributed by atoms with Crippen LogP contribution in [0.25, 0.3) is 0 Å². The first-order valence-corrected chi connectivity index (χ1v) is 15.9. The monoisotopic (exact) mass is 722 g/mol. The highest BCUT2D eigenvalue weighted by molar-refractivity contribution is 7.80. The van der Waals surface area contributed by atoms with E-state index < -0.39 is 80.1 Å². The fourth-order valence-electron chi connectivity index (χ4n) is 4.48. The lowest BCUT2D eigenvalue weighted by molar-refractivity contribution is -0.218. The number of carboxylic acid groups (broad SMARTS) is 1. The molecule has 3 atom stereocenters. The van der Waals surface area contributed by atoms with E-state index in [0.717, 1.165) is 13.0 Å². The predicted octanol–water partition coefficient (Wildman–Crippen LogP) is -0.0958. The van der Waals surface area contributed by atoms with Crippen molar-refractivity contribution in [3.05, 3.63) is 40.4 Å². The summed E-state index contributed by atoms with van der Waals surface area (Å²) in [6.45, 7) is 3.16. The summed E-state index contributed by atoms with van der Waals surface area (Å²) in [6.07, 6.45) is -6.26. The molecule has 48 heavy (non-hydrogen) atoms. The third kappa shape index (κ3) is 8.46. The highest BCUT2D eigenvalue weighted by atomic mass is 32.3. The second-order valence-electron chi connectivity index (χ2n) is 10.8. The van der Waals surface area contributed by atoms with Crippen LogP contribution in [0.1, 0.15) is 36.4 Å². The van der Waals surface area contributed by atoms with Gasteiger partial charge in [-0.3, -0.25) is 19.1 Å². The average molecular weight is 723 g/mol. The summed E-state index contributed by atoms with van der Waals surface area (Å²) in [6, 6.07) is 4.48. The maximum Gasteiger partial charge on any atom is 0.427 e. The Labute approximate surface area is 273 Å². The van der Waals surface area contributed by atoms with Gasteiger partial charge in [0.25, 0.3) is 17.9 Å². The number of ether oxygens (including phenoxy) is 1. The van der Waals surface area contributed by atoms with E-state index in [1.165, 1.54) is 26.0 Å². The summed E-state index contributed by atoms with van der Waals surface area (Å²) in [5.74, 6) is -3.98. The standard InChI is InChI=1S/C25H29F3N8O10S2/c1-24(2)17(21(38)36(24)46-48(41,42)43)34-20(37)16(15-18(25(26,27)28)47-23(30)33-15)35-45-14(22(39)40)10-44-13-5-3-11(4-6-13)19(29)32-12-7-8-31-9-12/h3-6,12,14,17,31H,7-10H2,1-2H3,(H2,29,32)(H2,30,33)(H,34,37)(H,39,40)(H,41,42,43). The fraction of sp³-hybridized carbons (Fsp3) is 0.440. The van der Waals surface area contributed by atoms with Gasteiger partial charge in [0.2, 0.25) is 0 Å². The number of carboxylic acids is 1. The Kier molecular flexibility index (Phi) is 10.5. The first-order valence-electron chi connectivity index (χ1n) is 13.7. The number of hydrogen-bond acceptors (Lipinski definition) is 14. The molecule has 1 aromatic heterocycles. The Morgan fingerprint density at radius 1 is 1.29 bits per heavy atom. The van der Waals surface area contributed by atoms with Gasteiger partial charge in [-0.2, -0.15) is 26.7 Å². The number of amides is 2. The number of nitrogens with one attached hydrogen (secondary N) is 2. The van der Waals surface area contributed by atoms with Gasteiger partial charge in [0.1, 0.15) is 34.8 Å². The lowest BCUT2D eigenvalue weighted by atomic mass is 9.84. The molecule has 2 fully saturated rings. The van der Waals surface area contributed by atoms with E-state index in [0.29, 0.717) is 12.1 Å². The lowest BCUT2D eigenvalue weighted by Gasteiger charge is -2.50. The van der Waals surface area contributed by atoms with E-state index in [-0.39, 0.29) is 34.0 Å². The van der Waals surface area contributed by atoms with Crippen LogP contribution >= 0.6 is 11.3 Å². The molecule has 0 radical (unpaired) electrons. The summed E-state index contributed by atoms with van der Waals surface area (Å²) >= 11 is -0.0533. The predicted molar refractivity (Wildman–Crippen MR) is 160 cm³/mol. The molecule has 3 heterocycles. The molecule has 2 aliphatic rings. The quantitative estimate of drug-likeness (QED) is 0.0519. The first-order chi connectivity index (χ1) is 22.3. The van der Waals surface area contributed by atoms with Gasteiger partial charge in [-0.1, -0.05) is 16.5 Å². The Morgan fingerprint density at radius 3 is 2.50 bits per heavy atom. The molecule has 3 unspecified atom stereocenters. The molecule has 262 valence electrons. The fourth-order valence-corrected chi connectivity index (χ4v) is 5.63. The Morgan fingerprint density at radius 2 is 1.96 bits per heavy atom. The van der Waals surface area contributed by atoms with Gasteiger partial charge in [0.05, 0.1) is 11.6 Å². The van der Waals surface area contributed by atoms with E-state index in [2.05, 4.69) is 30.0 Å². The van der Waals surface area contributed by atoms with Crippen LogP contribution in [0.5, 0.6) is 5.75 Å². The number of benzene rings is 1. The van der Waals surface area contributed by atoms with Gasteiger partial charge in [0, 0.05) is 12.1 Å². The van der Waals surface area contributed by atoms with Crippen LogP contribution in [0.2, 0.25) is 0 Å². The van der Waals surface area contributed by atoms with Crippen molar-refractivity contribution in [1.29, 1.82) is 0 Å². The molecule has 23 heteroatoms. The normalized spacial score (nSPS) is 20.6. The van der Waals surface area contributed by atoms with Gasteiger partial charge in [0.15, 0.2) is 10.8 Å². The van der Waals surface area contributed by atoms with E-state index in [4.69, 9.17) is 25.6 Å². The van der Waals surface area contributed by atoms with Crippen molar-refractivity contribution >= 4 is 56.2 Å². The number of aliphatic imine (C=N–C) groups is 1. The number of oxime groups is 1. The molecule has 18 nitrogen and oxygen atoms in total. The molecule has 0 aliphatic carbocycles. The van der Waals surface area contributed by atoms with E-state index >= 15 is 0 Å². The number of β-lactam (4-membered cyclic amide) rings is 1. The number of anilines is 1. The number of nitrogens with zero attached hydrogens (tertiary/aromatic N) is 4. The molecule has 2 aromatic rings. The van der Waals surface area contributed by atoms with Crippen LogP contribution in [0.15, 0.2) is 34.4 Å². The highest BCUT2D eigenvalue weighted by Gasteiger charge is 2.58. The zero-order valence-corrected chi connectivity index (χ0v) is 26.6. The number of hydrogen-bond donors (Lipinski definition) is 6. The van der Waals surface area contributed by atoms with Crippen molar-refractivity contribution in [3.8, 4) is 5.75 Å². The second-order valence-corrected chi connectivity index (χ2v) is 12.8. The number of nitrogen functional groups attached to an aromatic ring is 1. The number of aromatic nitrogens is 1. The molecule has 2 saturated heterocycles. The zero-order valence-electron chi connectivity index (χ0n) is 24.9. The minimum Gasteiger partial charge on any atom is -0.489 e. The number of rotatable bonds is 13. The number of hydroxylamine groups is 2. The molecule has 8 N–H and O–H groups in total. The van der Waals surface area contributed by atoms with Gasteiger partial charge < -0.3 is 36.8 Å². The van der Waals surface area contributed by atoms with Crippen molar-refractivity contribution in [2.24, 2.45) is 15.9 Å². The number of carbonyl (C=O) groups is 3. The molecule has 2 aliphatic heterocycles. The summed E-state index contributed by atoms with van der Waals surface area (Å²) < 4.78 is 82.2. The van der Waals surface area contributed by atoms with Crippen molar-refractivity contribution < 1.29 is 59.5 Å². The molecule has 0 saturated carbocycles. The van der Waals surface area contributed by atoms with E-state index in [9.17, 15) is 41.1 Å². The minimum atomic E-state index is -5.16.